The summed E-state index contributed by atoms with van der Waals surface area (Å²) in [6, 6.07) is 9.43. The quantitative estimate of drug-likeness (QED) is 0.392. The van der Waals surface area contributed by atoms with Crippen LogP contribution < -0.4 is 10.6 Å². The SMILES string of the molecule is CC(=O)c1ccc2c(c1C)CC[C@@H]2NC(=O)c1cc(C(=O)NCc2ccc(F)c(C)c2)nc2ncnn12. The highest BCUT2D eigenvalue weighted by atomic mass is 19.1. The summed E-state index contributed by atoms with van der Waals surface area (Å²) in [6.07, 6.45) is 2.71. The number of rotatable bonds is 6. The van der Waals surface area contributed by atoms with Gasteiger partial charge < -0.3 is 10.6 Å². The minimum atomic E-state index is -0.500. The zero-order valence-electron chi connectivity index (χ0n) is 20.6. The first-order valence-electron chi connectivity index (χ1n) is 11.9. The maximum Gasteiger partial charge on any atom is 0.270 e. The van der Waals surface area contributed by atoms with Gasteiger partial charge in [-0.3, -0.25) is 14.4 Å². The minimum Gasteiger partial charge on any atom is -0.347 e. The minimum absolute atomic E-state index is 0.0123. The van der Waals surface area contributed by atoms with Gasteiger partial charge in [-0.05, 0) is 67.5 Å². The number of halogens is 1. The second-order valence-electron chi connectivity index (χ2n) is 9.19. The van der Waals surface area contributed by atoms with Crippen LogP contribution in [0.1, 0.15) is 78.5 Å². The van der Waals surface area contributed by atoms with Gasteiger partial charge in [-0.1, -0.05) is 24.3 Å². The third-order valence-electron chi connectivity index (χ3n) is 6.77. The van der Waals surface area contributed by atoms with Gasteiger partial charge in [0.05, 0.1) is 6.04 Å². The fraction of sp³-hybridized carbons (Fsp3) is 0.259. The predicted molar refractivity (Wildman–Crippen MR) is 133 cm³/mol. The molecular weight excluding hydrogens is 475 g/mol. The lowest BCUT2D eigenvalue weighted by molar-refractivity contribution is 0.0927. The zero-order valence-corrected chi connectivity index (χ0v) is 20.6. The molecule has 0 bridgehead atoms. The Balaban J connectivity index is 1.37. The number of fused-ring (bicyclic) bond motifs is 2. The third kappa shape index (κ3) is 4.57. The van der Waals surface area contributed by atoms with Crippen molar-refractivity contribution < 1.29 is 18.8 Å². The number of amides is 2. The molecule has 0 unspecified atom stereocenters. The van der Waals surface area contributed by atoms with Crippen LogP contribution in [-0.2, 0) is 13.0 Å². The van der Waals surface area contributed by atoms with Gasteiger partial charge in [0.15, 0.2) is 5.78 Å². The summed E-state index contributed by atoms with van der Waals surface area (Å²) in [5.41, 5.74) is 5.04. The Morgan fingerprint density at radius 2 is 1.92 bits per heavy atom. The van der Waals surface area contributed by atoms with Crippen molar-refractivity contribution in [3.63, 3.8) is 0 Å². The molecular formula is C27H25FN6O3. The number of aromatic nitrogens is 4. The molecule has 2 heterocycles. The Hall–Kier alpha value is -4.47. The zero-order chi connectivity index (χ0) is 26.3. The van der Waals surface area contributed by atoms with Crippen molar-refractivity contribution in [3.05, 3.63) is 93.3 Å². The number of hydrogen-bond donors (Lipinski definition) is 2. The molecule has 9 nitrogen and oxygen atoms in total. The van der Waals surface area contributed by atoms with Crippen molar-refractivity contribution >= 4 is 23.4 Å². The molecule has 0 saturated heterocycles. The van der Waals surface area contributed by atoms with Crippen LogP contribution in [-0.4, -0.2) is 37.2 Å². The maximum atomic E-state index is 13.5. The van der Waals surface area contributed by atoms with Crippen LogP contribution in [0, 0.1) is 19.7 Å². The molecule has 0 spiro atoms. The lowest BCUT2D eigenvalue weighted by atomic mass is 9.96. The molecule has 10 heteroatoms. The van der Waals surface area contributed by atoms with Gasteiger partial charge in [0, 0.05) is 18.2 Å². The fourth-order valence-corrected chi connectivity index (χ4v) is 4.82. The number of nitrogens with one attached hydrogen (secondary N) is 2. The largest absolute Gasteiger partial charge is 0.347 e. The number of ketones is 1. The van der Waals surface area contributed by atoms with E-state index in [1.807, 2.05) is 13.0 Å². The number of nitrogens with zero attached hydrogens (tertiary/aromatic N) is 4. The van der Waals surface area contributed by atoms with Crippen molar-refractivity contribution in [2.45, 2.75) is 46.2 Å². The number of Topliss-reactive ketones (excluding diaryl/α,β-unsaturated/α-hetero) is 1. The summed E-state index contributed by atoms with van der Waals surface area (Å²) in [5, 5.41) is 9.88. The van der Waals surface area contributed by atoms with E-state index in [1.54, 1.807) is 32.0 Å². The molecule has 0 radical (unpaired) electrons. The Labute approximate surface area is 212 Å². The van der Waals surface area contributed by atoms with E-state index in [-0.39, 0.29) is 41.4 Å². The topological polar surface area (TPSA) is 118 Å². The van der Waals surface area contributed by atoms with Crippen LogP contribution in [0.4, 0.5) is 4.39 Å². The van der Waals surface area contributed by atoms with Gasteiger partial charge in [0.1, 0.15) is 23.5 Å². The Kier molecular flexibility index (Phi) is 6.24. The molecule has 5 rings (SSSR count). The van der Waals surface area contributed by atoms with E-state index in [9.17, 15) is 18.8 Å². The molecule has 188 valence electrons. The van der Waals surface area contributed by atoms with Gasteiger partial charge in [0.25, 0.3) is 17.6 Å². The van der Waals surface area contributed by atoms with E-state index in [0.29, 0.717) is 17.5 Å². The summed E-state index contributed by atoms with van der Waals surface area (Å²) < 4.78 is 14.8. The Morgan fingerprint density at radius 1 is 1.11 bits per heavy atom. The number of aryl methyl sites for hydroxylation is 1. The van der Waals surface area contributed by atoms with Crippen LogP contribution in [0.2, 0.25) is 0 Å². The van der Waals surface area contributed by atoms with Crippen molar-refractivity contribution in [2.75, 3.05) is 0 Å². The average molecular weight is 501 g/mol. The summed E-state index contributed by atoms with van der Waals surface area (Å²) in [4.78, 5) is 46.4. The second kappa shape index (κ2) is 9.53. The monoisotopic (exact) mass is 500 g/mol. The molecule has 2 N–H and O–H groups in total. The van der Waals surface area contributed by atoms with Gasteiger partial charge in [-0.2, -0.15) is 14.6 Å². The highest BCUT2D eigenvalue weighted by Gasteiger charge is 2.28. The molecule has 0 saturated carbocycles. The van der Waals surface area contributed by atoms with Crippen molar-refractivity contribution in [1.82, 2.24) is 30.2 Å². The maximum absolute atomic E-state index is 13.5. The summed E-state index contributed by atoms with van der Waals surface area (Å²) >= 11 is 0. The number of benzene rings is 2. The standard InChI is InChI=1S/C27H25FN6O3/c1-14-10-17(4-8-21(14)28)12-29-25(36)23-11-24(34-27(33-23)30-13-31-34)26(37)32-22-9-7-19-15(2)18(16(3)35)5-6-20(19)22/h4-6,8,10-11,13,22H,7,9,12H2,1-3H3,(H,29,36)(H,32,37)/t22-/m0/s1. The van der Waals surface area contributed by atoms with Gasteiger partial charge >= 0.3 is 0 Å². The molecule has 1 atom stereocenters. The van der Waals surface area contributed by atoms with E-state index < -0.39 is 11.8 Å². The molecule has 1 aliphatic carbocycles. The van der Waals surface area contributed by atoms with Gasteiger partial charge in [-0.25, -0.2) is 9.37 Å². The lowest BCUT2D eigenvalue weighted by Crippen LogP contribution is -2.30. The normalized spacial score (nSPS) is 14.4. The van der Waals surface area contributed by atoms with E-state index >= 15 is 0 Å². The first-order chi connectivity index (χ1) is 17.7. The third-order valence-corrected chi connectivity index (χ3v) is 6.77. The van der Waals surface area contributed by atoms with Crippen LogP contribution in [0.25, 0.3) is 5.78 Å². The highest BCUT2D eigenvalue weighted by Crippen LogP contribution is 2.35. The molecule has 0 fully saturated rings. The lowest BCUT2D eigenvalue weighted by Gasteiger charge is -2.16. The summed E-state index contributed by atoms with van der Waals surface area (Å²) in [5.74, 6) is -1.11. The number of carbonyl (C=O) groups is 3. The van der Waals surface area contributed by atoms with E-state index in [0.717, 1.165) is 28.7 Å². The van der Waals surface area contributed by atoms with Crippen molar-refractivity contribution in [3.8, 4) is 0 Å². The molecule has 2 aromatic heterocycles. The summed E-state index contributed by atoms with van der Waals surface area (Å²) in [6.45, 7) is 5.30. The van der Waals surface area contributed by atoms with Gasteiger partial charge in [0.2, 0.25) is 0 Å². The van der Waals surface area contributed by atoms with E-state index in [1.165, 1.54) is 23.0 Å². The van der Waals surface area contributed by atoms with Crippen molar-refractivity contribution in [2.24, 2.45) is 0 Å². The number of carbonyl (C=O) groups excluding carboxylic acids is 3. The predicted octanol–water partition coefficient (Wildman–Crippen LogP) is 3.43. The molecule has 2 aromatic carbocycles. The van der Waals surface area contributed by atoms with Crippen LogP contribution >= 0.6 is 0 Å². The van der Waals surface area contributed by atoms with E-state index in [4.69, 9.17) is 0 Å². The van der Waals surface area contributed by atoms with Crippen molar-refractivity contribution in [1.29, 1.82) is 0 Å². The first-order valence-corrected chi connectivity index (χ1v) is 11.9. The fourth-order valence-electron chi connectivity index (χ4n) is 4.82. The first kappa shape index (κ1) is 24.2. The van der Waals surface area contributed by atoms with Crippen LogP contribution in [0.15, 0.2) is 42.7 Å². The molecule has 1 aliphatic rings. The highest BCUT2D eigenvalue weighted by molar-refractivity contribution is 5.98. The summed E-state index contributed by atoms with van der Waals surface area (Å²) in [7, 11) is 0. The smallest absolute Gasteiger partial charge is 0.270 e. The number of hydrogen-bond acceptors (Lipinski definition) is 6. The molecule has 2 amide bonds. The molecule has 4 aromatic rings. The van der Waals surface area contributed by atoms with Crippen LogP contribution in [0.3, 0.4) is 0 Å². The molecule has 0 aliphatic heterocycles. The second-order valence-corrected chi connectivity index (χ2v) is 9.19. The van der Waals surface area contributed by atoms with Gasteiger partial charge in [-0.15, -0.1) is 0 Å². The Bertz CT molecular complexity index is 1580. The Morgan fingerprint density at radius 3 is 2.68 bits per heavy atom. The van der Waals surface area contributed by atoms with Crippen LogP contribution in [0.5, 0.6) is 0 Å². The average Bonchev–Trinajstić information content (AvgIpc) is 3.51. The molecule has 37 heavy (non-hydrogen) atoms. The van der Waals surface area contributed by atoms with E-state index in [2.05, 4.69) is 25.7 Å².